The average Bonchev–Trinajstić information content (AvgIpc) is 2.61. The Kier molecular flexibility index (Phi) is 12.7. The Balaban J connectivity index is 5.54. The van der Waals surface area contributed by atoms with Crippen LogP contribution in [0, 0.1) is 36.0 Å². The van der Waals surface area contributed by atoms with Crippen LogP contribution in [0.3, 0.4) is 0 Å². The van der Waals surface area contributed by atoms with Crippen molar-refractivity contribution in [2.45, 2.75) is 103 Å². The smallest absolute Gasteiger partial charge is 0.194 e. The molecular weight excluding hydrogens is 356 g/mol. The molecule has 0 aliphatic carbocycles. The van der Waals surface area contributed by atoms with Gasteiger partial charge in [0.2, 0.25) is 0 Å². The first-order valence-electron chi connectivity index (χ1n) is 10.5. The van der Waals surface area contributed by atoms with Gasteiger partial charge in [0.15, 0.2) is 8.32 Å². The van der Waals surface area contributed by atoms with Crippen LogP contribution in [0.1, 0.15) is 79.1 Å². The highest BCUT2D eigenvalue weighted by Gasteiger charge is 2.43. The number of allylic oxidation sites excluding steroid dienone is 3. The maximum atomic E-state index is 6.90. The molecular formula is C26H40OSi. The normalized spacial score (nSPS) is 13.6. The van der Waals surface area contributed by atoms with Gasteiger partial charge in [0.05, 0.1) is 0 Å². The third kappa shape index (κ3) is 10.6. The van der Waals surface area contributed by atoms with Gasteiger partial charge in [-0.15, -0.1) is 30.8 Å². The predicted octanol–water partition coefficient (Wildman–Crippen LogP) is 7.27. The van der Waals surface area contributed by atoms with Crippen molar-refractivity contribution in [1.82, 2.24) is 0 Å². The summed E-state index contributed by atoms with van der Waals surface area (Å²) in [6.07, 6.45) is 18.2. The topological polar surface area (TPSA) is 9.23 Å². The van der Waals surface area contributed by atoms with E-state index in [9.17, 15) is 0 Å². The Bertz CT molecular complexity index is 649. The molecule has 0 saturated carbocycles. The molecule has 0 saturated heterocycles. The van der Waals surface area contributed by atoms with Crippen molar-refractivity contribution in [3.63, 3.8) is 0 Å². The molecule has 0 aromatic rings. The summed E-state index contributed by atoms with van der Waals surface area (Å²) in [5, 5.41) is 0.130. The highest BCUT2D eigenvalue weighted by atomic mass is 28.4. The van der Waals surface area contributed by atoms with Crippen LogP contribution in [0.15, 0.2) is 24.8 Å². The molecule has 0 aromatic carbocycles. The third-order valence-electron chi connectivity index (χ3n) is 5.17. The molecule has 2 heteroatoms. The summed E-state index contributed by atoms with van der Waals surface area (Å²) in [6, 6.07) is 0. The SMILES string of the molecule is C#CCCC#CC(CCC#CCC/C=C/C)(CCC=C)O[Si](C)(C)C(C)(C)C. The first-order chi connectivity index (χ1) is 13.1. The van der Waals surface area contributed by atoms with Crippen molar-refractivity contribution < 1.29 is 4.43 Å². The van der Waals surface area contributed by atoms with Crippen molar-refractivity contribution in [2.24, 2.45) is 0 Å². The maximum Gasteiger partial charge on any atom is 0.194 e. The Morgan fingerprint density at radius 2 is 1.64 bits per heavy atom. The Morgan fingerprint density at radius 3 is 2.21 bits per heavy atom. The Labute approximate surface area is 176 Å². The molecule has 0 aliphatic rings. The zero-order chi connectivity index (χ0) is 21.5. The van der Waals surface area contributed by atoms with Crippen molar-refractivity contribution in [2.75, 3.05) is 0 Å². The molecule has 0 N–H and O–H groups in total. The van der Waals surface area contributed by atoms with Gasteiger partial charge >= 0.3 is 0 Å². The summed E-state index contributed by atoms with van der Waals surface area (Å²) < 4.78 is 6.90. The number of unbranched alkanes of at least 4 members (excludes halogenated alkanes) is 2. The van der Waals surface area contributed by atoms with Crippen molar-refractivity contribution in [3.8, 4) is 36.0 Å². The summed E-state index contributed by atoms with van der Waals surface area (Å²) in [5.41, 5.74) is -0.468. The first kappa shape index (κ1) is 26.3. The van der Waals surface area contributed by atoms with E-state index in [0.717, 1.165) is 38.5 Å². The summed E-state index contributed by atoms with van der Waals surface area (Å²) in [5.74, 6) is 16.0. The van der Waals surface area contributed by atoms with Crippen molar-refractivity contribution in [1.29, 1.82) is 0 Å². The minimum absolute atomic E-state index is 0.130. The molecule has 0 radical (unpaired) electrons. The molecule has 1 nitrogen and oxygen atoms in total. The molecule has 0 amide bonds. The quantitative estimate of drug-likeness (QED) is 0.163. The molecule has 1 atom stereocenters. The largest absolute Gasteiger partial charge is 0.401 e. The highest BCUT2D eigenvalue weighted by Crippen LogP contribution is 2.41. The molecule has 0 aromatic heterocycles. The molecule has 1 unspecified atom stereocenters. The van der Waals surface area contributed by atoms with Crippen LogP contribution >= 0.6 is 0 Å². The van der Waals surface area contributed by atoms with Gasteiger partial charge in [-0.3, -0.25) is 0 Å². The van der Waals surface area contributed by atoms with Gasteiger partial charge in [-0.2, -0.15) is 0 Å². The zero-order valence-electron chi connectivity index (χ0n) is 19.1. The lowest BCUT2D eigenvalue weighted by Gasteiger charge is -2.43. The van der Waals surface area contributed by atoms with Crippen LogP contribution in [-0.2, 0) is 4.43 Å². The third-order valence-corrected chi connectivity index (χ3v) is 9.68. The van der Waals surface area contributed by atoms with E-state index in [-0.39, 0.29) is 5.04 Å². The zero-order valence-corrected chi connectivity index (χ0v) is 20.1. The second-order valence-electron chi connectivity index (χ2n) is 8.65. The van der Waals surface area contributed by atoms with E-state index in [0.29, 0.717) is 12.8 Å². The Hall–Kier alpha value is -1.66. The predicted molar refractivity (Wildman–Crippen MR) is 127 cm³/mol. The summed E-state index contributed by atoms with van der Waals surface area (Å²) in [7, 11) is -1.98. The van der Waals surface area contributed by atoms with Gasteiger partial charge in [0.1, 0.15) is 5.60 Å². The Morgan fingerprint density at radius 1 is 0.964 bits per heavy atom. The van der Waals surface area contributed by atoms with Gasteiger partial charge in [-0.05, 0) is 50.7 Å². The van der Waals surface area contributed by atoms with E-state index in [1.807, 2.05) is 13.0 Å². The summed E-state index contributed by atoms with van der Waals surface area (Å²) in [4.78, 5) is 0. The minimum atomic E-state index is -1.98. The second kappa shape index (κ2) is 13.5. The van der Waals surface area contributed by atoms with Gasteiger partial charge in [-0.1, -0.05) is 50.8 Å². The van der Waals surface area contributed by atoms with Crippen molar-refractivity contribution >= 4 is 8.32 Å². The number of hydrogen-bond acceptors (Lipinski definition) is 1. The number of terminal acetylenes is 1. The van der Waals surface area contributed by atoms with Gasteiger partial charge in [-0.25, -0.2) is 0 Å². The van der Waals surface area contributed by atoms with E-state index in [1.165, 1.54) is 0 Å². The minimum Gasteiger partial charge on any atom is -0.401 e. The van der Waals surface area contributed by atoms with Gasteiger partial charge in [0.25, 0.3) is 0 Å². The summed E-state index contributed by atoms with van der Waals surface area (Å²) >= 11 is 0. The average molecular weight is 397 g/mol. The monoisotopic (exact) mass is 396 g/mol. The van der Waals surface area contributed by atoms with Crippen LogP contribution in [0.25, 0.3) is 0 Å². The molecule has 0 fully saturated rings. The number of hydrogen-bond donors (Lipinski definition) is 0. The van der Waals surface area contributed by atoms with Crippen LogP contribution in [0.5, 0.6) is 0 Å². The molecule has 28 heavy (non-hydrogen) atoms. The first-order valence-corrected chi connectivity index (χ1v) is 13.4. The lowest BCUT2D eigenvalue weighted by atomic mass is 9.92. The highest BCUT2D eigenvalue weighted by molar-refractivity contribution is 6.74. The molecule has 0 heterocycles. The number of rotatable bonds is 10. The van der Waals surface area contributed by atoms with Gasteiger partial charge < -0.3 is 4.43 Å². The molecule has 0 rings (SSSR count). The molecule has 0 spiro atoms. The van der Waals surface area contributed by atoms with Crippen LogP contribution in [-0.4, -0.2) is 13.9 Å². The van der Waals surface area contributed by atoms with Crippen LogP contribution in [0.4, 0.5) is 0 Å². The lowest BCUT2D eigenvalue weighted by molar-refractivity contribution is 0.0955. The van der Waals surface area contributed by atoms with Crippen LogP contribution < -0.4 is 0 Å². The standard InChI is InChI=1S/C26H40OSi/c1-9-12-15-17-18-19-21-24-26(22-14-11-3,23-20-16-13-10-2)27-28(7,8)25(4,5)6/h2,9,11-12H,3,13-17,21-22,24H2,1,4-8H3/b12-9+. The van der Waals surface area contributed by atoms with E-state index in [1.54, 1.807) is 0 Å². The summed E-state index contributed by atoms with van der Waals surface area (Å²) in [6.45, 7) is 17.3. The van der Waals surface area contributed by atoms with Crippen LogP contribution in [0.2, 0.25) is 18.1 Å². The maximum absolute atomic E-state index is 6.90. The fraction of sp³-hybridized carbons (Fsp3) is 0.615. The van der Waals surface area contributed by atoms with E-state index >= 15 is 0 Å². The molecule has 154 valence electrons. The fourth-order valence-corrected chi connectivity index (χ4v) is 4.01. The molecule has 0 aliphatic heterocycles. The molecule has 0 bridgehead atoms. The van der Waals surface area contributed by atoms with E-state index < -0.39 is 13.9 Å². The van der Waals surface area contributed by atoms with E-state index in [2.05, 4.69) is 82.2 Å². The van der Waals surface area contributed by atoms with Crippen molar-refractivity contribution in [3.05, 3.63) is 24.8 Å². The second-order valence-corrected chi connectivity index (χ2v) is 13.4. The van der Waals surface area contributed by atoms with E-state index in [4.69, 9.17) is 10.8 Å². The fourth-order valence-electron chi connectivity index (χ4n) is 2.48. The van der Waals surface area contributed by atoms with Gasteiger partial charge in [0, 0.05) is 25.7 Å². The lowest BCUT2D eigenvalue weighted by Crippen LogP contribution is -2.49.